The van der Waals surface area contributed by atoms with Gasteiger partial charge in [-0.05, 0) is 55.3 Å². The minimum Gasteiger partial charge on any atom is -0.488 e. The van der Waals surface area contributed by atoms with Crippen molar-refractivity contribution < 1.29 is 4.74 Å². The molecule has 6 nitrogen and oxygen atoms in total. The lowest BCUT2D eigenvalue weighted by Gasteiger charge is -2.23. The maximum Gasteiger partial charge on any atom is 0.282 e. The van der Waals surface area contributed by atoms with E-state index < -0.39 is 0 Å². The van der Waals surface area contributed by atoms with Crippen molar-refractivity contribution in [2.45, 2.75) is 44.6 Å². The Balaban J connectivity index is 1.55. The molecule has 1 heterocycles. The van der Waals surface area contributed by atoms with Crippen molar-refractivity contribution in [3.63, 3.8) is 0 Å². The molecule has 0 atom stereocenters. The summed E-state index contributed by atoms with van der Waals surface area (Å²) >= 11 is 10.6. The van der Waals surface area contributed by atoms with Gasteiger partial charge in [-0.15, -0.1) is 0 Å². The number of halogens is 3. The van der Waals surface area contributed by atoms with Gasteiger partial charge < -0.3 is 9.64 Å². The summed E-state index contributed by atoms with van der Waals surface area (Å²) < 4.78 is 10.6. The van der Waals surface area contributed by atoms with Crippen LogP contribution in [0.3, 0.4) is 0 Å². The van der Waals surface area contributed by atoms with Crippen molar-refractivity contribution in [3.8, 4) is 5.75 Å². The molecule has 0 unspecified atom stereocenters. The summed E-state index contributed by atoms with van der Waals surface area (Å²) in [4.78, 5) is 20.7. The summed E-state index contributed by atoms with van der Waals surface area (Å²) in [6.45, 7) is 0.379. The summed E-state index contributed by atoms with van der Waals surface area (Å²) in [5.74, 6) is 1.62. The highest BCUT2D eigenvalue weighted by Gasteiger charge is 2.22. The molecule has 0 bridgehead atoms. The Morgan fingerprint density at radius 1 is 1.00 bits per heavy atom. The fraction of sp³-hybridized carbons (Fsp3) is 0.300. The fourth-order valence-electron chi connectivity index (χ4n) is 4.85. The lowest BCUT2D eigenvalue weighted by atomic mass is 9.88. The molecule has 0 spiro atoms. The molecular weight excluding hydrogens is 688 g/mol. The van der Waals surface area contributed by atoms with Crippen molar-refractivity contribution in [1.82, 2.24) is 9.66 Å². The number of fused-ring (bicyclic) bond motifs is 1. The molecule has 0 aliphatic heterocycles. The number of hydrogen-bond donors (Lipinski definition) is 0. The molecule has 1 saturated carbocycles. The van der Waals surface area contributed by atoms with Gasteiger partial charge in [-0.3, -0.25) is 4.79 Å². The van der Waals surface area contributed by atoms with Crippen molar-refractivity contribution in [2.75, 3.05) is 19.0 Å². The van der Waals surface area contributed by atoms with Crippen LogP contribution in [0, 0.1) is 0 Å². The number of anilines is 1. The van der Waals surface area contributed by atoms with E-state index in [-0.39, 0.29) is 11.5 Å². The SMILES string of the molecule is CN(C)c1ccc(C=Nn2c(C3CCCCC3)nc3ccc(Br)cc3c2=O)c(OCc2ccc(Br)cc2Br)c1. The molecule has 202 valence electrons. The molecule has 39 heavy (non-hydrogen) atoms. The van der Waals surface area contributed by atoms with Gasteiger partial charge in [0.25, 0.3) is 5.56 Å². The molecule has 0 radical (unpaired) electrons. The fourth-order valence-corrected chi connectivity index (χ4v) is 6.37. The predicted octanol–water partition coefficient (Wildman–Crippen LogP) is 8.26. The van der Waals surface area contributed by atoms with E-state index in [1.54, 1.807) is 6.21 Å². The molecule has 1 aliphatic carbocycles. The second-order valence-corrected chi connectivity index (χ2v) is 12.7. The first-order chi connectivity index (χ1) is 18.8. The van der Waals surface area contributed by atoms with Gasteiger partial charge in [0.05, 0.1) is 17.1 Å². The Morgan fingerprint density at radius 2 is 1.74 bits per heavy atom. The van der Waals surface area contributed by atoms with Gasteiger partial charge in [-0.25, -0.2) is 4.98 Å². The van der Waals surface area contributed by atoms with Gasteiger partial charge in [0.2, 0.25) is 0 Å². The van der Waals surface area contributed by atoms with Gasteiger partial charge in [0, 0.05) is 56.3 Å². The molecule has 0 N–H and O–H groups in total. The zero-order chi connectivity index (χ0) is 27.5. The van der Waals surface area contributed by atoms with Crippen molar-refractivity contribution in [1.29, 1.82) is 0 Å². The molecule has 5 rings (SSSR count). The molecular formula is C30H29Br3N4O2. The van der Waals surface area contributed by atoms with E-state index in [2.05, 4.69) is 47.8 Å². The average Bonchev–Trinajstić information content (AvgIpc) is 2.93. The average molecular weight is 717 g/mol. The first-order valence-corrected chi connectivity index (χ1v) is 15.3. The van der Waals surface area contributed by atoms with E-state index in [4.69, 9.17) is 14.8 Å². The second kappa shape index (κ2) is 12.4. The lowest BCUT2D eigenvalue weighted by molar-refractivity contribution is 0.305. The van der Waals surface area contributed by atoms with E-state index in [0.717, 1.165) is 61.7 Å². The molecule has 0 saturated heterocycles. The van der Waals surface area contributed by atoms with Crippen LogP contribution in [0.5, 0.6) is 5.75 Å². The third-order valence-electron chi connectivity index (χ3n) is 7.03. The van der Waals surface area contributed by atoms with Gasteiger partial charge in [-0.1, -0.05) is 73.1 Å². The highest BCUT2D eigenvalue weighted by atomic mass is 79.9. The van der Waals surface area contributed by atoms with Crippen LogP contribution in [0.2, 0.25) is 0 Å². The second-order valence-electron chi connectivity index (χ2n) is 9.97. The first-order valence-electron chi connectivity index (χ1n) is 12.9. The van der Waals surface area contributed by atoms with Crippen LogP contribution in [0.1, 0.15) is 55.0 Å². The molecule has 1 aromatic heterocycles. The molecule has 4 aromatic rings. The van der Waals surface area contributed by atoms with E-state index in [0.29, 0.717) is 23.3 Å². The normalized spacial score (nSPS) is 14.3. The summed E-state index contributed by atoms with van der Waals surface area (Å²) in [5.41, 5.74) is 3.36. The topological polar surface area (TPSA) is 59.7 Å². The highest BCUT2D eigenvalue weighted by Crippen LogP contribution is 2.32. The zero-order valence-corrected chi connectivity index (χ0v) is 26.6. The van der Waals surface area contributed by atoms with E-state index >= 15 is 0 Å². The van der Waals surface area contributed by atoms with E-state index in [9.17, 15) is 4.79 Å². The number of aromatic nitrogens is 2. The Bertz CT molecular complexity index is 1590. The largest absolute Gasteiger partial charge is 0.488 e. The van der Waals surface area contributed by atoms with Crippen LogP contribution >= 0.6 is 47.8 Å². The van der Waals surface area contributed by atoms with Gasteiger partial charge in [0.1, 0.15) is 18.2 Å². The first kappa shape index (κ1) is 28.1. The summed E-state index contributed by atoms with van der Waals surface area (Å²) in [6, 6.07) is 17.6. The number of nitrogens with zero attached hydrogens (tertiary/aromatic N) is 4. The smallest absolute Gasteiger partial charge is 0.282 e. The lowest BCUT2D eigenvalue weighted by Crippen LogP contribution is -2.25. The van der Waals surface area contributed by atoms with Gasteiger partial charge in [-0.2, -0.15) is 9.78 Å². The van der Waals surface area contributed by atoms with Crippen molar-refractivity contribution in [3.05, 3.63) is 95.3 Å². The number of benzene rings is 3. The standard InChI is InChI=1S/C30H29Br3N4O2/c1-36(2)24-12-9-20(28(16-24)39-18-21-8-10-23(32)15-26(21)33)17-34-37-29(19-6-4-3-5-7-19)35-27-13-11-22(31)14-25(27)30(37)38/h8-17,19H,3-7,18H2,1-2H3. The third kappa shape index (κ3) is 6.47. The Hall–Kier alpha value is -2.49. The number of ether oxygens (including phenoxy) is 1. The van der Waals surface area contributed by atoms with Gasteiger partial charge >= 0.3 is 0 Å². The Morgan fingerprint density at radius 3 is 2.49 bits per heavy atom. The summed E-state index contributed by atoms with van der Waals surface area (Å²) in [5, 5.41) is 5.28. The number of rotatable bonds is 7. The zero-order valence-electron chi connectivity index (χ0n) is 21.8. The predicted molar refractivity (Wildman–Crippen MR) is 169 cm³/mol. The minimum atomic E-state index is -0.163. The third-order valence-corrected chi connectivity index (χ3v) is 8.75. The summed E-state index contributed by atoms with van der Waals surface area (Å²) in [7, 11) is 3.99. The van der Waals surface area contributed by atoms with E-state index in [1.807, 2.05) is 73.6 Å². The van der Waals surface area contributed by atoms with Crippen LogP contribution in [-0.4, -0.2) is 30.0 Å². The van der Waals surface area contributed by atoms with Gasteiger partial charge in [0.15, 0.2) is 0 Å². The van der Waals surface area contributed by atoms with Crippen LogP contribution < -0.4 is 15.2 Å². The number of hydrogen-bond acceptors (Lipinski definition) is 5. The Kier molecular flexibility index (Phi) is 8.89. The molecule has 1 fully saturated rings. The van der Waals surface area contributed by atoms with E-state index in [1.165, 1.54) is 11.1 Å². The highest BCUT2D eigenvalue weighted by molar-refractivity contribution is 9.11. The molecule has 0 amide bonds. The quantitative estimate of drug-likeness (QED) is 0.181. The van der Waals surface area contributed by atoms with Crippen LogP contribution in [0.4, 0.5) is 5.69 Å². The summed E-state index contributed by atoms with van der Waals surface area (Å²) in [6.07, 6.45) is 7.23. The van der Waals surface area contributed by atoms with Crippen LogP contribution in [0.25, 0.3) is 10.9 Å². The monoisotopic (exact) mass is 714 g/mol. The maximum absolute atomic E-state index is 13.7. The van der Waals surface area contributed by atoms with Crippen LogP contribution in [0.15, 0.2) is 77.9 Å². The van der Waals surface area contributed by atoms with Crippen LogP contribution in [-0.2, 0) is 6.61 Å². The van der Waals surface area contributed by atoms with Crippen molar-refractivity contribution >= 4 is 70.6 Å². The maximum atomic E-state index is 13.7. The molecule has 1 aliphatic rings. The molecule has 9 heteroatoms. The Labute approximate surface area is 253 Å². The van der Waals surface area contributed by atoms with Crippen molar-refractivity contribution in [2.24, 2.45) is 5.10 Å². The minimum absolute atomic E-state index is 0.163. The molecule has 3 aromatic carbocycles.